The first-order chi connectivity index (χ1) is 7.78. The number of rotatable bonds is 3. The van der Waals surface area contributed by atoms with Crippen molar-refractivity contribution in [3.63, 3.8) is 0 Å². The van der Waals surface area contributed by atoms with E-state index in [1.165, 1.54) is 5.56 Å². The van der Waals surface area contributed by atoms with Gasteiger partial charge >= 0.3 is 0 Å². The van der Waals surface area contributed by atoms with Gasteiger partial charge in [0.1, 0.15) is 0 Å². The average molecular weight is 241 g/mol. The summed E-state index contributed by atoms with van der Waals surface area (Å²) in [6.07, 6.45) is 1.13. The number of hydrogen-bond donors (Lipinski definition) is 2. The second-order valence-corrected chi connectivity index (χ2v) is 4.56. The maximum Gasteiger partial charge on any atom is 0.0822 e. The molecule has 1 saturated heterocycles. The summed E-state index contributed by atoms with van der Waals surface area (Å²) in [5, 5.41) is 4.22. The van der Waals surface area contributed by atoms with Crippen LogP contribution in [0.25, 0.3) is 0 Å². The van der Waals surface area contributed by atoms with Gasteiger partial charge < -0.3 is 15.8 Å². The molecule has 0 bridgehead atoms. The summed E-state index contributed by atoms with van der Waals surface area (Å²) in [5.41, 5.74) is 6.81. The van der Waals surface area contributed by atoms with Crippen molar-refractivity contribution in [1.82, 2.24) is 5.32 Å². The molecule has 0 amide bonds. The molecular formula is C12H17ClN2O. The summed E-state index contributed by atoms with van der Waals surface area (Å²) in [5.74, 6) is 0. The maximum absolute atomic E-state index is 5.84. The van der Waals surface area contributed by atoms with Gasteiger partial charge in [0.2, 0.25) is 0 Å². The van der Waals surface area contributed by atoms with E-state index in [-0.39, 0.29) is 6.10 Å². The van der Waals surface area contributed by atoms with Gasteiger partial charge in [-0.15, -0.1) is 0 Å². The SMILES string of the molecule is NCC1CNC(Cc2ccc(Cl)cc2)CO1. The van der Waals surface area contributed by atoms with Crippen molar-refractivity contribution in [2.45, 2.75) is 18.6 Å². The van der Waals surface area contributed by atoms with Crippen molar-refractivity contribution in [3.8, 4) is 0 Å². The van der Waals surface area contributed by atoms with Gasteiger partial charge in [-0.1, -0.05) is 23.7 Å². The molecule has 0 aliphatic carbocycles. The lowest BCUT2D eigenvalue weighted by molar-refractivity contribution is 0.00991. The summed E-state index contributed by atoms with van der Waals surface area (Å²) in [7, 11) is 0. The van der Waals surface area contributed by atoms with E-state index in [2.05, 4.69) is 17.4 Å². The quantitative estimate of drug-likeness (QED) is 0.835. The van der Waals surface area contributed by atoms with Crippen LogP contribution in [0.3, 0.4) is 0 Å². The van der Waals surface area contributed by atoms with E-state index in [1.54, 1.807) is 0 Å². The molecule has 1 aliphatic heterocycles. The molecule has 16 heavy (non-hydrogen) atoms. The van der Waals surface area contributed by atoms with E-state index in [4.69, 9.17) is 22.1 Å². The average Bonchev–Trinajstić information content (AvgIpc) is 2.33. The molecule has 2 rings (SSSR count). The molecule has 0 spiro atoms. The van der Waals surface area contributed by atoms with Crippen LogP contribution in [0.4, 0.5) is 0 Å². The number of nitrogens with two attached hydrogens (primary N) is 1. The molecule has 2 unspecified atom stereocenters. The lowest BCUT2D eigenvalue weighted by atomic mass is 10.1. The molecule has 1 aromatic rings. The van der Waals surface area contributed by atoms with Crippen LogP contribution in [0.15, 0.2) is 24.3 Å². The smallest absolute Gasteiger partial charge is 0.0822 e. The standard InChI is InChI=1S/C12H17ClN2O/c13-10-3-1-9(2-4-10)5-11-8-16-12(6-14)7-15-11/h1-4,11-12,15H,5-8,14H2. The molecule has 1 fully saturated rings. The lowest BCUT2D eigenvalue weighted by Crippen LogP contribution is -2.49. The zero-order valence-corrected chi connectivity index (χ0v) is 9.91. The van der Waals surface area contributed by atoms with Crippen LogP contribution in [0, 0.1) is 0 Å². The Hall–Kier alpha value is -0.610. The molecule has 0 aromatic heterocycles. The predicted octanol–water partition coefficient (Wildman–Crippen LogP) is 1.20. The van der Waals surface area contributed by atoms with E-state index < -0.39 is 0 Å². The Balaban J connectivity index is 1.84. The van der Waals surface area contributed by atoms with Crippen LogP contribution in [0.2, 0.25) is 5.02 Å². The highest BCUT2D eigenvalue weighted by molar-refractivity contribution is 6.30. The van der Waals surface area contributed by atoms with Crippen molar-refractivity contribution in [2.24, 2.45) is 5.73 Å². The van der Waals surface area contributed by atoms with Gasteiger partial charge in [-0.05, 0) is 24.1 Å². The molecule has 0 radical (unpaired) electrons. The van der Waals surface area contributed by atoms with Crippen molar-refractivity contribution in [3.05, 3.63) is 34.9 Å². The highest BCUT2D eigenvalue weighted by atomic mass is 35.5. The normalized spacial score (nSPS) is 25.6. The van der Waals surface area contributed by atoms with Gasteiger partial charge in [0, 0.05) is 24.2 Å². The number of halogens is 1. The molecule has 3 N–H and O–H groups in total. The summed E-state index contributed by atoms with van der Waals surface area (Å²) >= 11 is 5.84. The van der Waals surface area contributed by atoms with Gasteiger partial charge in [0.25, 0.3) is 0 Å². The van der Waals surface area contributed by atoms with Crippen LogP contribution < -0.4 is 11.1 Å². The number of nitrogens with one attached hydrogen (secondary N) is 1. The molecule has 4 heteroatoms. The topological polar surface area (TPSA) is 47.3 Å². The van der Waals surface area contributed by atoms with E-state index in [0.29, 0.717) is 12.6 Å². The Morgan fingerprint density at radius 1 is 1.38 bits per heavy atom. The molecule has 2 atom stereocenters. The lowest BCUT2D eigenvalue weighted by Gasteiger charge is -2.29. The molecule has 0 saturated carbocycles. The molecule has 1 aromatic carbocycles. The van der Waals surface area contributed by atoms with E-state index in [1.807, 2.05) is 12.1 Å². The highest BCUT2D eigenvalue weighted by Gasteiger charge is 2.19. The first kappa shape index (κ1) is 11.9. The number of benzene rings is 1. The summed E-state index contributed by atoms with van der Waals surface area (Å²) in [6, 6.07) is 8.33. The first-order valence-electron chi connectivity index (χ1n) is 5.57. The molecular weight excluding hydrogens is 224 g/mol. The van der Waals surface area contributed by atoms with Crippen LogP contribution >= 0.6 is 11.6 Å². The number of hydrogen-bond acceptors (Lipinski definition) is 3. The van der Waals surface area contributed by atoms with E-state index >= 15 is 0 Å². The monoisotopic (exact) mass is 240 g/mol. The zero-order valence-electron chi connectivity index (χ0n) is 9.16. The molecule has 1 heterocycles. The fraction of sp³-hybridized carbons (Fsp3) is 0.500. The molecule has 1 aliphatic rings. The Morgan fingerprint density at radius 3 is 2.69 bits per heavy atom. The van der Waals surface area contributed by atoms with Gasteiger partial charge in [-0.3, -0.25) is 0 Å². The molecule has 88 valence electrons. The minimum atomic E-state index is 0.168. The number of morpholine rings is 1. The third-order valence-corrected chi connectivity index (χ3v) is 3.08. The number of ether oxygens (including phenoxy) is 1. The Kier molecular flexibility index (Phi) is 4.18. The Morgan fingerprint density at radius 2 is 2.12 bits per heavy atom. The van der Waals surface area contributed by atoms with Crippen molar-refractivity contribution in [2.75, 3.05) is 19.7 Å². The largest absolute Gasteiger partial charge is 0.374 e. The minimum Gasteiger partial charge on any atom is -0.374 e. The minimum absolute atomic E-state index is 0.168. The maximum atomic E-state index is 5.84. The Bertz CT molecular complexity index is 320. The van der Waals surface area contributed by atoms with Gasteiger partial charge in [0.15, 0.2) is 0 Å². The van der Waals surface area contributed by atoms with Crippen molar-refractivity contribution in [1.29, 1.82) is 0 Å². The predicted molar refractivity (Wildman–Crippen MR) is 65.7 cm³/mol. The first-order valence-corrected chi connectivity index (χ1v) is 5.95. The second-order valence-electron chi connectivity index (χ2n) is 4.13. The van der Waals surface area contributed by atoms with E-state index in [9.17, 15) is 0 Å². The van der Waals surface area contributed by atoms with Gasteiger partial charge in [-0.25, -0.2) is 0 Å². The molecule has 3 nitrogen and oxygen atoms in total. The fourth-order valence-corrected chi connectivity index (χ4v) is 1.98. The van der Waals surface area contributed by atoms with Crippen LogP contribution in [-0.2, 0) is 11.2 Å². The fourth-order valence-electron chi connectivity index (χ4n) is 1.86. The summed E-state index contributed by atoms with van der Waals surface area (Å²) in [6.45, 7) is 2.15. The van der Waals surface area contributed by atoms with Crippen molar-refractivity contribution >= 4 is 11.6 Å². The zero-order chi connectivity index (χ0) is 11.4. The van der Waals surface area contributed by atoms with Gasteiger partial charge in [-0.2, -0.15) is 0 Å². The van der Waals surface area contributed by atoms with Gasteiger partial charge in [0.05, 0.1) is 12.7 Å². The second kappa shape index (κ2) is 5.64. The highest BCUT2D eigenvalue weighted by Crippen LogP contribution is 2.12. The van der Waals surface area contributed by atoms with Crippen LogP contribution in [0.5, 0.6) is 0 Å². The van der Waals surface area contributed by atoms with Crippen LogP contribution in [0.1, 0.15) is 5.56 Å². The van der Waals surface area contributed by atoms with E-state index in [0.717, 1.165) is 24.6 Å². The summed E-state index contributed by atoms with van der Waals surface area (Å²) in [4.78, 5) is 0. The third kappa shape index (κ3) is 3.19. The third-order valence-electron chi connectivity index (χ3n) is 2.83. The Labute approximate surface area is 101 Å². The van der Waals surface area contributed by atoms with Crippen molar-refractivity contribution < 1.29 is 4.74 Å². The summed E-state index contributed by atoms with van der Waals surface area (Å²) < 4.78 is 5.62. The van der Waals surface area contributed by atoms with Crippen LogP contribution in [-0.4, -0.2) is 31.8 Å².